The van der Waals surface area contributed by atoms with Gasteiger partial charge in [-0.3, -0.25) is 14.6 Å². The number of piperidine rings is 1. The first-order chi connectivity index (χ1) is 22.8. The van der Waals surface area contributed by atoms with Gasteiger partial charge in [0.15, 0.2) is 23.1 Å². The van der Waals surface area contributed by atoms with Crippen LogP contribution in [0.25, 0.3) is 10.9 Å². The van der Waals surface area contributed by atoms with Crippen LogP contribution in [0.3, 0.4) is 0 Å². The molecule has 3 aromatic carbocycles. The van der Waals surface area contributed by atoms with Crippen molar-refractivity contribution < 1.29 is 32.9 Å². The average Bonchev–Trinajstić information content (AvgIpc) is 3.08. The number of aromatic nitrogens is 1. The number of anilines is 1. The summed E-state index contributed by atoms with van der Waals surface area (Å²) in [4.78, 5) is 30.3. The Hall–Kier alpha value is -4.61. The minimum atomic E-state index is -1.16. The van der Waals surface area contributed by atoms with Crippen molar-refractivity contribution in [2.75, 3.05) is 44.9 Å². The molecule has 0 atom stereocenters. The third kappa shape index (κ3) is 8.41. The Kier molecular flexibility index (Phi) is 11.3. The molecule has 248 valence electrons. The lowest BCUT2D eigenvalue weighted by molar-refractivity contribution is -0.135. The molecule has 12 heteroatoms. The maximum atomic E-state index is 15.5. The molecule has 4 aromatic rings. The second kappa shape index (κ2) is 15.8. The standard InChI is InChI=1S/C35H38ClFN4O6/c1-3-16-45-30-6-4-22(17-26(30)36)11-15-41(35(43)34(38)42)24-5-7-31(27(37)18-24)47-29-10-14-40-28-20-33(32(44-2)19-25(28)29)46-21-23-8-12-39-13-9-23/h4-7,10,14,17-20,23,39H,3,8-9,11-13,15-16,21H2,1-2H3,(H2,38,42). The van der Waals surface area contributed by atoms with Crippen molar-refractivity contribution in [1.29, 1.82) is 0 Å². The predicted octanol–water partition coefficient (Wildman–Crippen LogP) is 6.06. The highest BCUT2D eigenvalue weighted by Crippen LogP contribution is 2.38. The van der Waals surface area contributed by atoms with Gasteiger partial charge in [-0.15, -0.1) is 0 Å². The van der Waals surface area contributed by atoms with E-state index in [4.69, 9.17) is 36.3 Å². The van der Waals surface area contributed by atoms with Crippen molar-refractivity contribution in [3.8, 4) is 28.7 Å². The molecule has 3 N–H and O–H groups in total. The molecule has 47 heavy (non-hydrogen) atoms. The maximum Gasteiger partial charge on any atom is 0.316 e. The molecule has 1 fully saturated rings. The number of amides is 2. The van der Waals surface area contributed by atoms with E-state index in [0.717, 1.165) is 48.9 Å². The quantitative estimate of drug-likeness (QED) is 0.165. The molecule has 2 amide bonds. The summed E-state index contributed by atoms with van der Waals surface area (Å²) in [5, 5.41) is 4.38. The van der Waals surface area contributed by atoms with Gasteiger partial charge in [-0.1, -0.05) is 24.6 Å². The molecule has 0 aliphatic carbocycles. The number of hydrogen-bond donors (Lipinski definition) is 2. The molecular weight excluding hydrogens is 627 g/mol. The summed E-state index contributed by atoms with van der Waals surface area (Å²) in [6, 6.07) is 14.5. The Morgan fingerprint density at radius 2 is 1.79 bits per heavy atom. The normalized spacial score (nSPS) is 13.3. The number of pyridine rings is 1. The third-order valence-electron chi connectivity index (χ3n) is 7.91. The van der Waals surface area contributed by atoms with Crippen molar-refractivity contribution in [2.24, 2.45) is 11.7 Å². The lowest BCUT2D eigenvalue weighted by atomic mass is 9.99. The Morgan fingerprint density at radius 3 is 2.49 bits per heavy atom. The average molecular weight is 665 g/mol. The molecule has 2 heterocycles. The van der Waals surface area contributed by atoms with Crippen LogP contribution < -0.4 is 34.9 Å². The molecule has 10 nitrogen and oxygen atoms in total. The Balaban J connectivity index is 1.34. The van der Waals surface area contributed by atoms with E-state index in [1.54, 1.807) is 43.6 Å². The van der Waals surface area contributed by atoms with Crippen LogP contribution in [0.2, 0.25) is 5.02 Å². The highest BCUT2D eigenvalue weighted by molar-refractivity contribution is 6.39. The van der Waals surface area contributed by atoms with E-state index in [1.165, 1.54) is 12.1 Å². The van der Waals surface area contributed by atoms with Gasteiger partial charge < -0.3 is 34.9 Å². The molecule has 0 spiro atoms. The number of ether oxygens (including phenoxy) is 4. The first-order valence-electron chi connectivity index (χ1n) is 15.6. The Labute approximate surface area is 277 Å². The molecule has 5 rings (SSSR count). The van der Waals surface area contributed by atoms with E-state index < -0.39 is 17.6 Å². The van der Waals surface area contributed by atoms with E-state index in [1.807, 2.05) is 13.0 Å². The second-order valence-electron chi connectivity index (χ2n) is 11.2. The van der Waals surface area contributed by atoms with E-state index in [0.29, 0.717) is 64.5 Å². The number of primary amides is 1. The van der Waals surface area contributed by atoms with Gasteiger partial charge in [0.2, 0.25) is 0 Å². The molecule has 0 radical (unpaired) electrons. The molecule has 1 aliphatic rings. The van der Waals surface area contributed by atoms with Crippen LogP contribution in [-0.2, 0) is 16.0 Å². The highest BCUT2D eigenvalue weighted by atomic mass is 35.5. The number of carbonyl (C=O) groups excluding carboxylic acids is 2. The van der Waals surface area contributed by atoms with E-state index in [2.05, 4.69) is 10.3 Å². The van der Waals surface area contributed by atoms with Gasteiger partial charge in [-0.05, 0) is 86.7 Å². The molecular formula is C35H38ClFN4O6. The van der Waals surface area contributed by atoms with Gasteiger partial charge in [-0.25, -0.2) is 4.39 Å². The first kappa shape index (κ1) is 33.7. The van der Waals surface area contributed by atoms with Gasteiger partial charge in [-0.2, -0.15) is 0 Å². The Morgan fingerprint density at radius 1 is 1.00 bits per heavy atom. The number of nitrogens with zero attached hydrogens (tertiary/aromatic N) is 2. The lowest BCUT2D eigenvalue weighted by Crippen LogP contribution is -2.41. The molecule has 0 saturated carbocycles. The monoisotopic (exact) mass is 664 g/mol. The topological polar surface area (TPSA) is 125 Å². The van der Waals surface area contributed by atoms with Crippen molar-refractivity contribution in [2.45, 2.75) is 32.6 Å². The highest BCUT2D eigenvalue weighted by Gasteiger charge is 2.23. The maximum absolute atomic E-state index is 15.5. The van der Waals surface area contributed by atoms with Crippen LogP contribution in [0.15, 0.2) is 60.8 Å². The molecule has 1 saturated heterocycles. The Bertz CT molecular complexity index is 1730. The number of benzene rings is 3. The number of hydrogen-bond acceptors (Lipinski definition) is 8. The molecule has 1 aliphatic heterocycles. The zero-order valence-electron chi connectivity index (χ0n) is 26.4. The fraction of sp³-hybridized carbons (Fsp3) is 0.343. The predicted molar refractivity (Wildman–Crippen MR) is 178 cm³/mol. The van der Waals surface area contributed by atoms with Gasteiger partial charge in [0.25, 0.3) is 0 Å². The minimum absolute atomic E-state index is 0.0454. The number of methoxy groups -OCH3 is 1. The summed E-state index contributed by atoms with van der Waals surface area (Å²) in [6.07, 6.45) is 4.81. The number of halogens is 2. The summed E-state index contributed by atoms with van der Waals surface area (Å²) >= 11 is 6.36. The van der Waals surface area contributed by atoms with E-state index >= 15 is 4.39 Å². The second-order valence-corrected chi connectivity index (χ2v) is 11.6. The van der Waals surface area contributed by atoms with Crippen LogP contribution in [0, 0.1) is 11.7 Å². The van der Waals surface area contributed by atoms with Crippen molar-refractivity contribution in [1.82, 2.24) is 10.3 Å². The summed E-state index contributed by atoms with van der Waals surface area (Å²) in [5.41, 5.74) is 6.86. The molecule has 0 unspecified atom stereocenters. The number of carbonyl (C=O) groups is 2. The number of fused-ring (bicyclic) bond motifs is 1. The lowest BCUT2D eigenvalue weighted by Gasteiger charge is -2.23. The fourth-order valence-electron chi connectivity index (χ4n) is 5.36. The summed E-state index contributed by atoms with van der Waals surface area (Å²) in [7, 11) is 1.55. The van der Waals surface area contributed by atoms with Crippen LogP contribution in [0.4, 0.5) is 10.1 Å². The van der Waals surface area contributed by atoms with E-state index in [9.17, 15) is 9.59 Å². The molecule has 0 bridgehead atoms. The number of nitrogens with one attached hydrogen (secondary N) is 1. The van der Waals surface area contributed by atoms with Crippen LogP contribution >= 0.6 is 11.6 Å². The fourth-order valence-corrected chi connectivity index (χ4v) is 5.61. The first-order valence-corrected chi connectivity index (χ1v) is 15.9. The minimum Gasteiger partial charge on any atom is -0.493 e. The van der Waals surface area contributed by atoms with Gasteiger partial charge in [0, 0.05) is 35.9 Å². The zero-order chi connectivity index (χ0) is 33.3. The summed E-state index contributed by atoms with van der Waals surface area (Å²) in [5.74, 6) is -0.543. The van der Waals surface area contributed by atoms with E-state index in [-0.39, 0.29) is 18.0 Å². The van der Waals surface area contributed by atoms with Crippen molar-refractivity contribution in [3.05, 3.63) is 77.2 Å². The molecule has 1 aromatic heterocycles. The summed E-state index contributed by atoms with van der Waals surface area (Å²) in [6.45, 7) is 5.09. The number of rotatable bonds is 13. The van der Waals surface area contributed by atoms with Crippen molar-refractivity contribution >= 4 is 40.0 Å². The SMILES string of the molecule is CCCOc1ccc(CCN(C(=O)C(N)=O)c2ccc(Oc3ccnc4cc(OCC5CCNCC5)c(OC)cc34)c(F)c2)cc1Cl. The van der Waals surface area contributed by atoms with Crippen LogP contribution in [0.5, 0.6) is 28.7 Å². The zero-order valence-corrected chi connectivity index (χ0v) is 27.1. The third-order valence-corrected chi connectivity index (χ3v) is 8.20. The summed E-state index contributed by atoms with van der Waals surface area (Å²) < 4.78 is 38.9. The van der Waals surface area contributed by atoms with Crippen molar-refractivity contribution in [3.63, 3.8) is 0 Å². The van der Waals surface area contributed by atoms with Gasteiger partial charge in [0.05, 0.1) is 30.9 Å². The van der Waals surface area contributed by atoms with Crippen LogP contribution in [0.1, 0.15) is 31.7 Å². The smallest absolute Gasteiger partial charge is 0.316 e. The van der Waals surface area contributed by atoms with Gasteiger partial charge in [0.1, 0.15) is 11.5 Å². The number of nitrogens with two attached hydrogens (primary N) is 1. The van der Waals surface area contributed by atoms with Gasteiger partial charge >= 0.3 is 11.8 Å². The van der Waals surface area contributed by atoms with Crippen LogP contribution in [-0.4, -0.2) is 56.8 Å². The largest absolute Gasteiger partial charge is 0.493 e.